The highest BCUT2D eigenvalue weighted by molar-refractivity contribution is 9.10. The molecule has 5 nitrogen and oxygen atoms in total. The average molecular weight is 317 g/mol. The summed E-state index contributed by atoms with van der Waals surface area (Å²) in [6.07, 6.45) is 6.30. The van der Waals surface area contributed by atoms with Gasteiger partial charge in [-0.05, 0) is 40.0 Å². The fourth-order valence-electron chi connectivity index (χ4n) is 1.35. The van der Waals surface area contributed by atoms with Crippen LogP contribution < -0.4 is 5.32 Å². The van der Waals surface area contributed by atoms with Gasteiger partial charge in [0.2, 0.25) is 5.28 Å². The van der Waals surface area contributed by atoms with E-state index in [1.807, 2.05) is 16.9 Å². The third kappa shape index (κ3) is 3.67. The van der Waals surface area contributed by atoms with Crippen LogP contribution in [0.2, 0.25) is 5.28 Å². The van der Waals surface area contributed by atoms with Crippen molar-refractivity contribution in [1.82, 2.24) is 19.7 Å². The van der Waals surface area contributed by atoms with Gasteiger partial charge in [0.15, 0.2) is 0 Å². The first-order chi connectivity index (χ1) is 8.25. The van der Waals surface area contributed by atoms with Crippen LogP contribution in [0.5, 0.6) is 0 Å². The lowest BCUT2D eigenvalue weighted by atomic mass is 10.4. The number of nitrogens with one attached hydrogen (secondary N) is 1. The van der Waals surface area contributed by atoms with E-state index < -0.39 is 0 Å². The zero-order valence-corrected chi connectivity index (χ0v) is 11.3. The van der Waals surface area contributed by atoms with Crippen LogP contribution in [0.1, 0.15) is 6.42 Å². The Morgan fingerprint density at radius 2 is 2.35 bits per heavy atom. The van der Waals surface area contributed by atoms with Crippen LogP contribution >= 0.6 is 27.5 Å². The molecule has 0 aliphatic carbocycles. The van der Waals surface area contributed by atoms with Crippen LogP contribution in [0.3, 0.4) is 0 Å². The Balaban J connectivity index is 1.80. The summed E-state index contributed by atoms with van der Waals surface area (Å²) in [4.78, 5) is 7.94. The minimum atomic E-state index is 0.239. The Morgan fingerprint density at radius 3 is 3.12 bits per heavy atom. The minimum Gasteiger partial charge on any atom is -0.369 e. The van der Waals surface area contributed by atoms with Crippen LogP contribution in [0, 0.1) is 0 Å². The molecule has 2 aromatic heterocycles. The first-order valence-electron chi connectivity index (χ1n) is 5.15. The molecule has 0 spiro atoms. The summed E-state index contributed by atoms with van der Waals surface area (Å²) in [5, 5.41) is 7.56. The number of anilines is 1. The molecule has 1 N–H and O–H groups in total. The number of nitrogens with zero attached hydrogens (tertiary/aromatic N) is 4. The fourth-order valence-corrected chi connectivity index (χ4v) is 1.81. The van der Waals surface area contributed by atoms with Gasteiger partial charge in [-0.25, -0.2) is 4.98 Å². The van der Waals surface area contributed by atoms with Crippen LogP contribution in [0.25, 0.3) is 0 Å². The van der Waals surface area contributed by atoms with E-state index in [0.29, 0.717) is 5.82 Å². The topological polar surface area (TPSA) is 55.6 Å². The highest BCUT2D eigenvalue weighted by Crippen LogP contribution is 2.19. The molecular weight excluding hydrogens is 306 g/mol. The van der Waals surface area contributed by atoms with Gasteiger partial charge in [0.05, 0.1) is 4.47 Å². The predicted molar refractivity (Wildman–Crippen MR) is 70.1 cm³/mol. The van der Waals surface area contributed by atoms with Crippen LogP contribution in [-0.4, -0.2) is 26.3 Å². The molecule has 7 heteroatoms. The van der Waals surface area contributed by atoms with Gasteiger partial charge in [0.25, 0.3) is 0 Å². The smallest absolute Gasteiger partial charge is 0.224 e. The summed E-state index contributed by atoms with van der Waals surface area (Å²) in [7, 11) is 0. The van der Waals surface area contributed by atoms with E-state index in [2.05, 4.69) is 36.3 Å². The Bertz CT molecular complexity index is 474. The summed E-state index contributed by atoms with van der Waals surface area (Å²) in [5.74, 6) is 0.713. The lowest BCUT2D eigenvalue weighted by molar-refractivity contribution is 0.591. The van der Waals surface area contributed by atoms with E-state index in [9.17, 15) is 0 Å². The standard InChI is InChI=1S/C10H11BrClN5/c11-8-7-14-10(12)16-9(8)13-3-1-5-17-6-2-4-15-17/h2,4,6-7H,1,3,5H2,(H,13,14,16). The molecule has 90 valence electrons. The molecule has 0 fully saturated rings. The molecule has 2 heterocycles. The van der Waals surface area contributed by atoms with Crippen LogP contribution in [0.15, 0.2) is 29.1 Å². The summed E-state index contributed by atoms with van der Waals surface area (Å²) in [6, 6.07) is 1.91. The molecule has 0 unspecified atom stereocenters. The van der Waals surface area contributed by atoms with Crippen LogP contribution in [-0.2, 0) is 6.54 Å². The largest absolute Gasteiger partial charge is 0.369 e. The van der Waals surface area contributed by atoms with Crippen molar-refractivity contribution in [2.24, 2.45) is 0 Å². The van der Waals surface area contributed by atoms with E-state index >= 15 is 0 Å². The molecule has 17 heavy (non-hydrogen) atoms. The van der Waals surface area contributed by atoms with E-state index in [1.165, 1.54) is 0 Å². The average Bonchev–Trinajstić information content (AvgIpc) is 2.82. The van der Waals surface area contributed by atoms with E-state index in [-0.39, 0.29) is 5.28 Å². The predicted octanol–water partition coefficient (Wildman–Crippen LogP) is 2.59. The molecule has 2 aromatic rings. The summed E-state index contributed by atoms with van der Waals surface area (Å²) in [6.45, 7) is 1.67. The highest BCUT2D eigenvalue weighted by Gasteiger charge is 2.02. The number of aromatic nitrogens is 4. The van der Waals surface area contributed by atoms with Crippen molar-refractivity contribution in [2.75, 3.05) is 11.9 Å². The van der Waals surface area contributed by atoms with Gasteiger partial charge in [0.1, 0.15) is 5.82 Å². The van der Waals surface area contributed by atoms with Gasteiger partial charge in [0, 0.05) is 31.7 Å². The molecule has 0 amide bonds. The molecule has 0 radical (unpaired) electrons. The van der Waals surface area contributed by atoms with Crippen molar-refractivity contribution in [3.05, 3.63) is 34.4 Å². The van der Waals surface area contributed by atoms with E-state index in [4.69, 9.17) is 11.6 Å². The molecular formula is C10H11BrClN5. The monoisotopic (exact) mass is 315 g/mol. The minimum absolute atomic E-state index is 0.239. The second-order valence-electron chi connectivity index (χ2n) is 3.39. The Hall–Kier alpha value is -1.14. The molecule has 0 saturated carbocycles. The third-order valence-electron chi connectivity index (χ3n) is 2.13. The van der Waals surface area contributed by atoms with Crippen molar-refractivity contribution in [1.29, 1.82) is 0 Å². The maximum absolute atomic E-state index is 5.71. The molecule has 0 atom stereocenters. The quantitative estimate of drug-likeness (QED) is 0.680. The van der Waals surface area contributed by atoms with Gasteiger partial charge in [-0.15, -0.1) is 0 Å². The Labute approximate surface area is 112 Å². The number of aryl methyl sites for hydroxylation is 1. The normalized spacial score (nSPS) is 10.5. The number of halogens is 2. The third-order valence-corrected chi connectivity index (χ3v) is 2.89. The van der Waals surface area contributed by atoms with Crippen LogP contribution in [0.4, 0.5) is 5.82 Å². The first kappa shape index (κ1) is 12.3. The lowest BCUT2D eigenvalue weighted by Gasteiger charge is -2.07. The number of rotatable bonds is 5. The zero-order chi connectivity index (χ0) is 12.1. The second kappa shape index (κ2) is 5.97. The second-order valence-corrected chi connectivity index (χ2v) is 4.58. The molecule has 0 bridgehead atoms. The molecule has 2 rings (SSSR count). The van der Waals surface area contributed by atoms with Gasteiger partial charge < -0.3 is 5.32 Å². The lowest BCUT2D eigenvalue weighted by Crippen LogP contribution is -2.08. The zero-order valence-electron chi connectivity index (χ0n) is 8.98. The Morgan fingerprint density at radius 1 is 1.47 bits per heavy atom. The molecule has 0 aromatic carbocycles. The summed E-state index contributed by atoms with van der Waals surface area (Å²) in [5.41, 5.74) is 0. The SMILES string of the molecule is Clc1ncc(Br)c(NCCCn2cccn2)n1. The van der Waals surface area contributed by atoms with Crippen molar-refractivity contribution in [3.8, 4) is 0 Å². The van der Waals surface area contributed by atoms with Crippen molar-refractivity contribution < 1.29 is 0 Å². The Kier molecular flexibility index (Phi) is 4.33. The van der Waals surface area contributed by atoms with E-state index in [1.54, 1.807) is 12.4 Å². The maximum Gasteiger partial charge on any atom is 0.224 e. The number of hydrogen-bond acceptors (Lipinski definition) is 4. The maximum atomic E-state index is 5.71. The first-order valence-corrected chi connectivity index (χ1v) is 6.32. The van der Waals surface area contributed by atoms with Crippen molar-refractivity contribution >= 4 is 33.3 Å². The number of hydrogen-bond donors (Lipinski definition) is 1. The molecule has 0 aliphatic rings. The molecule has 0 saturated heterocycles. The summed E-state index contributed by atoms with van der Waals surface area (Å²) >= 11 is 9.07. The van der Waals surface area contributed by atoms with E-state index in [0.717, 1.165) is 24.0 Å². The van der Waals surface area contributed by atoms with Gasteiger partial charge >= 0.3 is 0 Å². The van der Waals surface area contributed by atoms with Crippen molar-refractivity contribution in [3.63, 3.8) is 0 Å². The summed E-state index contributed by atoms with van der Waals surface area (Å²) < 4.78 is 2.70. The van der Waals surface area contributed by atoms with Gasteiger partial charge in [-0.1, -0.05) is 0 Å². The van der Waals surface area contributed by atoms with Crippen molar-refractivity contribution in [2.45, 2.75) is 13.0 Å². The highest BCUT2D eigenvalue weighted by atomic mass is 79.9. The van der Waals surface area contributed by atoms with Gasteiger partial charge in [-0.3, -0.25) is 4.68 Å². The van der Waals surface area contributed by atoms with Gasteiger partial charge in [-0.2, -0.15) is 10.1 Å². The fraction of sp³-hybridized carbons (Fsp3) is 0.300. The molecule has 0 aliphatic heterocycles.